The van der Waals surface area contributed by atoms with Gasteiger partial charge < -0.3 is 4.57 Å². The summed E-state index contributed by atoms with van der Waals surface area (Å²) in [7, 11) is -3.79. The van der Waals surface area contributed by atoms with Crippen LogP contribution in [-0.2, 0) is 27.5 Å². The molecule has 0 bridgehead atoms. The van der Waals surface area contributed by atoms with Crippen molar-refractivity contribution in [1.82, 2.24) is 4.57 Å². The summed E-state index contributed by atoms with van der Waals surface area (Å²) in [5.41, 5.74) is 3.06. The van der Waals surface area contributed by atoms with Gasteiger partial charge in [0.15, 0.2) is 0 Å². The second kappa shape index (κ2) is 8.72. The van der Waals surface area contributed by atoms with E-state index in [0.717, 1.165) is 38.6 Å². The summed E-state index contributed by atoms with van der Waals surface area (Å²) in [6.45, 7) is 14.6. The van der Waals surface area contributed by atoms with Gasteiger partial charge >= 0.3 is 0 Å². The lowest BCUT2D eigenvalue weighted by atomic mass is 9.91. The van der Waals surface area contributed by atoms with Crippen molar-refractivity contribution in [2.45, 2.75) is 97.4 Å². The molecule has 4 nitrogen and oxygen atoms in total. The van der Waals surface area contributed by atoms with Gasteiger partial charge in [0.2, 0.25) is 0 Å². The second-order valence-electron chi connectivity index (χ2n) is 9.16. The van der Waals surface area contributed by atoms with E-state index in [-0.39, 0.29) is 16.6 Å². The van der Waals surface area contributed by atoms with E-state index in [1.807, 2.05) is 0 Å². The first-order chi connectivity index (χ1) is 11.3. The summed E-state index contributed by atoms with van der Waals surface area (Å²) < 4.78 is 32.6. The molecule has 0 aromatic carbocycles. The average molecular weight is 372 g/mol. The molecule has 0 aliphatic heterocycles. The highest BCUT2D eigenvalue weighted by Gasteiger charge is 2.25. The molecule has 0 radical (unpaired) electrons. The average Bonchev–Trinajstić information content (AvgIpc) is 2.84. The van der Waals surface area contributed by atoms with Gasteiger partial charge in [0.1, 0.15) is 0 Å². The van der Waals surface area contributed by atoms with Crippen molar-refractivity contribution in [3.05, 3.63) is 23.5 Å². The Morgan fingerprint density at radius 2 is 1.20 bits per heavy atom. The molecule has 0 aliphatic carbocycles. The minimum Gasteiger partial charge on any atom is -0.348 e. The van der Waals surface area contributed by atoms with Gasteiger partial charge in [-0.05, 0) is 25.0 Å². The van der Waals surface area contributed by atoms with Crippen LogP contribution in [0.3, 0.4) is 0 Å². The molecule has 0 atom stereocenters. The number of aromatic nitrogens is 1. The van der Waals surface area contributed by atoms with Crippen LogP contribution in [0.15, 0.2) is 12.1 Å². The molecule has 0 fully saturated rings. The highest BCUT2D eigenvalue weighted by molar-refractivity contribution is 7.85. The van der Waals surface area contributed by atoms with E-state index < -0.39 is 10.1 Å². The van der Waals surface area contributed by atoms with E-state index >= 15 is 0 Å². The Hall–Kier alpha value is -0.810. The SMILES string of the molecule is CC(C)(C)c1ccc(C(C)(C)C)n1CCCCCCCCS(=O)(=O)O. The second-order valence-corrected chi connectivity index (χ2v) is 10.7. The molecule has 25 heavy (non-hydrogen) atoms. The van der Waals surface area contributed by atoms with Crippen LogP contribution in [0.5, 0.6) is 0 Å². The van der Waals surface area contributed by atoms with Crippen molar-refractivity contribution in [3.8, 4) is 0 Å². The highest BCUT2D eigenvalue weighted by atomic mass is 32.2. The predicted octanol–water partition coefficient (Wildman–Crippen LogP) is 5.31. The van der Waals surface area contributed by atoms with E-state index in [2.05, 4.69) is 58.2 Å². The Morgan fingerprint density at radius 3 is 1.60 bits per heavy atom. The Labute approximate surface area is 154 Å². The lowest BCUT2D eigenvalue weighted by Crippen LogP contribution is -2.23. The van der Waals surface area contributed by atoms with E-state index in [4.69, 9.17) is 4.55 Å². The molecule has 0 unspecified atom stereocenters. The third-order valence-corrected chi connectivity index (χ3v) is 5.36. The Morgan fingerprint density at radius 1 is 0.800 bits per heavy atom. The maximum Gasteiger partial charge on any atom is 0.264 e. The zero-order valence-corrected chi connectivity index (χ0v) is 17.7. The summed E-state index contributed by atoms with van der Waals surface area (Å²) in [6, 6.07) is 4.55. The molecule has 1 aromatic heterocycles. The normalized spacial score (nSPS) is 13.4. The molecule has 0 saturated carbocycles. The number of hydrogen-bond acceptors (Lipinski definition) is 2. The zero-order chi connectivity index (χ0) is 19.3. The van der Waals surface area contributed by atoms with Crippen molar-refractivity contribution in [2.24, 2.45) is 0 Å². The van der Waals surface area contributed by atoms with Gasteiger partial charge in [-0.1, -0.05) is 67.2 Å². The van der Waals surface area contributed by atoms with E-state index in [1.165, 1.54) is 11.4 Å². The zero-order valence-electron chi connectivity index (χ0n) is 16.9. The van der Waals surface area contributed by atoms with Gasteiger partial charge in [0.05, 0.1) is 5.75 Å². The minimum absolute atomic E-state index is 0.111. The minimum atomic E-state index is -3.79. The first-order valence-corrected chi connectivity index (χ1v) is 11.1. The number of nitrogens with zero attached hydrogens (tertiary/aromatic N) is 1. The molecule has 1 aromatic rings. The third kappa shape index (κ3) is 7.95. The van der Waals surface area contributed by atoms with Crippen LogP contribution in [0.4, 0.5) is 0 Å². The Kier molecular flexibility index (Phi) is 7.75. The van der Waals surface area contributed by atoms with Crippen molar-refractivity contribution in [3.63, 3.8) is 0 Å². The van der Waals surface area contributed by atoms with Gasteiger partial charge in [0, 0.05) is 28.8 Å². The van der Waals surface area contributed by atoms with Crippen LogP contribution < -0.4 is 0 Å². The summed E-state index contributed by atoms with van der Waals surface area (Å²) >= 11 is 0. The molecule has 146 valence electrons. The Bertz CT molecular complexity index is 599. The van der Waals surface area contributed by atoms with Crippen LogP contribution >= 0.6 is 0 Å². The van der Waals surface area contributed by atoms with Crippen molar-refractivity contribution in [1.29, 1.82) is 0 Å². The van der Waals surface area contributed by atoms with Gasteiger partial charge in [-0.2, -0.15) is 8.42 Å². The largest absolute Gasteiger partial charge is 0.348 e. The smallest absolute Gasteiger partial charge is 0.264 e. The van der Waals surface area contributed by atoms with E-state index in [1.54, 1.807) is 0 Å². The number of hydrogen-bond donors (Lipinski definition) is 1. The van der Waals surface area contributed by atoms with Gasteiger partial charge in [0.25, 0.3) is 10.1 Å². The fourth-order valence-corrected chi connectivity index (χ4v) is 3.85. The van der Waals surface area contributed by atoms with E-state index in [9.17, 15) is 8.42 Å². The summed E-state index contributed by atoms with van der Waals surface area (Å²) in [4.78, 5) is 0. The fourth-order valence-electron chi connectivity index (χ4n) is 3.28. The molecular weight excluding hydrogens is 334 g/mol. The molecular formula is C20H37NO3S. The van der Waals surface area contributed by atoms with Crippen LogP contribution in [-0.4, -0.2) is 23.3 Å². The first kappa shape index (κ1) is 22.2. The van der Waals surface area contributed by atoms with Crippen LogP contribution in [0.25, 0.3) is 0 Å². The predicted molar refractivity (Wildman–Crippen MR) is 106 cm³/mol. The Balaban J connectivity index is 2.50. The lowest BCUT2D eigenvalue weighted by Gasteiger charge is -2.27. The summed E-state index contributed by atoms with van der Waals surface area (Å²) in [5, 5.41) is 0. The summed E-state index contributed by atoms with van der Waals surface area (Å²) in [5.74, 6) is -0.111. The van der Waals surface area contributed by atoms with Crippen molar-refractivity contribution in [2.75, 3.05) is 5.75 Å². The molecule has 1 heterocycles. The molecule has 0 saturated heterocycles. The maximum atomic E-state index is 10.7. The molecule has 0 spiro atoms. The fraction of sp³-hybridized carbons (Fsp3) is 0.800. The third-order valence-electron chi connectivity index (χ3n) is 4.55. The topological polar surface area (TPSA) is 59.3 Å². The lowest BCUT2D eigenvalue weighted by molar-refractivity contribution is 0.448. The van der Waals surface area contributed by atoms with Crippen LogP contribution in [0.2, 0.25) is 0 Å². The molecule has 1 N–H and O–H groups in total. The first-order valence-electron chi connectivity index (χ1n) is 9.48. The van der Waals surface area contributed by atoms with Gasteiger partial charge in [-0.25, -0.2) is 0 Å². The quantitative estimate of drug-likeness (QED) is 0.472. The van der Waals surface area contributed by atoms with Crippen LogP contribution in [0.1, 0.15) is 91.5 Å². The standard InChI is InChI=1S/C20H37NO3S/c1-19(2,3)17-13-14-18(20(4,5)6)21(17)15-11-9-7-8-10-12-16-25(22,23)24/h13-14H,7-12,15-16H2,1-6H3,(H,22,23,24). The number of rotatable bonds is 9. The highest BCUT2D eigenvalue weighted by Crippen LogP contribution is 2.31. The van der Waals surface area contributed by atoms with Crippen LogP contribution in [0, 0.1) is 0 Å². The molecule has 5 heteroatoms. The monoisotopic (exact) mass is 371 g/mol. The maximum absolute atomic E-state index is 10.7. The van der Waals surface area contributed by atoms with E-state index in [0.29, 0.717) is 6.42 Å². The van der Waals surface area contributed by atoms with Gasteiger partial charge in [-0.3, -0.25) is 4.55 Å². The molecule has 0 aliphatic rings. The van der Waals surface area contributed by atoms with Crippen molar-refractivity contribution < 1.29 is 13.0 Å². The van der Waals surface area contributed by atoms with Gasteiger partial charge in [-0.15, -0.1) is 0 Å². The van der Waals surface area contributed by atoms with Crippen molar-refractivity contribution >= 4 is 10.1 Å². The molecule has 0 amide bonds. The summed E-state index contributed by atoms with van der Waals surface area (Å²) in [6.07, 6.45) is 5.85. The molecule has 1 rings (SSSR count). The number of unbranched alkanes of at least 4 members (excludes halogenated alkanes) is 5.